The van der Waals surface area contributed by atoms with Gasteiger partial charge >= 0.3 is 0 Å². The first-order valence-electron chi connectivity index (χ1n) is 11.7. The number of hydrogen-bond donors (Lipinski definition) is 2. The second kappa shape index (κ2) is 8.49. The van der Waals surface area contributed by atoms with E-state index in [9.17, 15) is 0 Å². The molecule has 34 heavy (non-hydrogen) atoms. The third kappa shape index (κ3) is 3.77. The van der Waals surface area contributed by atoms with Gasteiger partial charge in [0.2, 0.25) is 0 Å². The number of anilines is 1. The van der Waals surface area contributed by atoms with Crippen molar-refractivity contribution in [1.82, 2.24) is 40.0 Å². The smallest absolute Gasteiger partial charge is 0.181 e. The molecule has 0 amide bonds. The number of pyridine rings is 3. The molecule has 1 fully saturated rings. The van der Waals surface area contributed by atoms with Gasteiger partial charge in [0, 0.05) is 49.4 Å². The highest BCUT2D eigenvalue weighted by Crippen LogP contribution is 2.32. The van der Waals surface area contributed by atoms with Crippen molar-refractivity contribution in [2.24, 2.45) is 0 Å². The molecular formula is C25H27N9. The lowest BCUT2D eigenvalue weighted by molar-refractivity contribution is 0.402. The maximum atomic E-state index is 4.98. The molecule has 0 aliphatic carbocycles. The summed E-state index contributed by atoms with van der Waals surface area (Å²) in [6, 6.07) is 4.27. The van der Waals surface area contributed by atoms with E-state index in [0.29, 0.717) is 5.65 Å². The van der Waals surface area contributed by atoms with E-state index in [0.717, 1.165) is 69.9 Å². The molecule has 1 aliphatic rings. The Morgan fingerprint density at radius 3 is 2.62 bits per heavy atom. The summed E-state index contributed by atoms with van der Waals surface area (Å²) in [4.78, 5) is 26.4. The van der Waals surface area contributed by atoms with Crippen LogP contribution in [0.15, 0.2) is 43.1 Å². The van der Waals surface area contributed by atoms with Gasteiger partial charge in [-0.15, -0.1) is 0 Å². The lowest BCUT2D eigenvalue weighted by atomic mass is 10.1. The van der Waals surface area contributed by atoms with E-state index in [4.69, 9.17) is 4.98 Å². The molecule has 0 spiro atoms. The Hall–Kier alpha value is -3.85. The highest BCUT2D eigenvalue weighted by atomic mass is 15.2. The van der Waals surface area contributed by atoms with Gasteiger partial charge in [-0.1, -0.05) is 0 Å². The quantitative estimate of drug-likeness (QED) is 0.414. The van der Waals surface area contributed by atoms with Crippen molar-refractivity contribution in [2.45, 2.75) is 25.8 Å². The van der Waals surface area contributed by atoms with E-state index in [-0.39, 0.29) is 0 Å². The van der Waals surface area contributed by atoms with Gasteiger partial charge in [-0.3, -0.25) is 15.1 Å². The van der Waals surface area contributed by atoms with Crippen molar-refractivity contribution >= 4 is 27.8 Å². The van der Waals surface area contributed by atoms with Crippen molar-refractivity contribution in [2.75, 3.05) is 32.1 Å². The van der Waals surface area contributed by atoms with Gasteiger partial charge in [0.1, 0.15) is 11.2 Å². The lowest BCUT2D eigenvalue weighted by Gasteiger charge is -2.28. The number of nitrogens with one attached hydrogen (secondary N) is 2. The van der Waals surface area contributed by atoms with E-state index in [1.54, 1.807) is 0 Å². The number of aromatic amines is 2. The molecule has 1 saturated heterocycles. The van der Waals surface area contributed by atoms with Gasteiger partial charge in [0.15, 0.2) is 11.5 Å². The fourth-order valence-corrected chi connectivity index (χ4v) is 4.74. The summed E-state index contributed by atoms with van der Waals surface area (Å²) < 4.78 is 0. The minimum atomic E-state index is 0.658. The van der Waals surface area contributed by atoms with Crippen LogP contribution < -0.4 is 4.90 Å². The van der Waals surface area contributed by atoms with Crippen molar-refractivity contribution in [3.8, 4) is 22.6 Å². The third-order valence-corrected chi connectivity index (χ3v) is 6.35. The van der Waals surface area contributed by atoms with E-state index in [1.165, 1.54) is 19.3 Å². The molecule has 0 radical (unpaired) electrons. The Morgan fingerprint density at radius 1 is 0.941 bits per heavy atom. The van der Waals surface area contributed by atoms with Crippen LogP contribution in [0.25, 0.3) is 44.7 Å². The van der Waals surface area contributed by atoms with E-state index in [2.05, 4.69) is 66.2 Å². The number of fused-ring (bicyclic) bond motifs is 2. The molecule has 5 aromatic heterocycles. The molecular weight excluding hydrogens is 426 g/mol. The average Bonchev–Trinajstić information content (AvgIpc) is 3.48. The maximum absolute atomic E-state index is 4.98. The summed E-state index contributed by atoms with van der Waals surface area (Å²) in [5.41, 5.74) is 7.62. The highest BCUT2D eigenvalue weighted by Gasteiger charge is 2.19. The minimum Gasteiger partial charge on any atom is -0.368 e. The number of imidazole rings is 1. The van der Waals surface area contributed by atoms with Crippen LogP contribution >= 0.6 is 0 Å². The number of hydrogen-bond acceptors (Lipinski definition) is 7. The number of piperidine rings is 1. The predicted octanol–water partition coefficient (Wildman–Crippen LogP) is 4.01. The molecule has 172 valence electrons. The molecule has 1 aliphatic heterocycles. The third-order valence-electron chi connectivity index (χ3n) is 6.35. The normalized spacial score (nSPS) is 14.5. The molecule has 6 rings (SSSR count). The van der Waals surface area contributed by atoms with Gasteiger partial charge in [0.25, 0.3) is 0 Å². The largest absolute Gasteiger partial charge is 0.368 e. The SMILES string of the molecule is CN(C)Cc1cncc(-c2cnc3n[nH]c(-c4nc5c(N6CCCCC6)cncc5[nH]4)c3c2)c1. The number of H-pyrrole nitrogens is 2. The Labute approximate surface area is 197 Å². The second-order valence-corrected chi connectivity index (χ2v) is 9.20. The zero-order valence-electron chi connectivity index (χ0n) is 19.4. The summed E-state index contributed by atoms with van der Waals surface area (Å²) in [7, 11) is 4.11. The molecule has 0 atom stereocenters. The number of aromatic nitrogens is 7. The van der Waals surface area contributed by atoms with Crippen LogP contribution in [-0.4, -0.2) is 67.2 Å². The van der Waals surface area contributed by atoms with Gasteiger partial charge in [-0.05, 0) is 51.1 Å². The minimum absolute atomic E-state index is 0.658. The van der Waals surface area contributed by atoms with Crippen molar-refractivity contribution in [3.05, 3.63) is 48.7 Å². The van der Waals surface area contributed by atoms with Gasteiger partial charge in [-0.2, -0.15) is 5.10 Å². The molecule has 0 aromatic carbocycles. The lowest BCUT2D eigenvalue weighted by Crippen LogP contribution is -2.29. The van der Waals surface area contributed by atoms with Gasteiger partial charge in [0.05, 0.1) is 29.0 Å². The van der Waals surface area contributed by atoms with Crippen LogP contribution in [0.3, 0.4) is 0 Å². The van der Waals surface area contributed by atoms with Crippen molar-refractivity contribution < 1.29 is 0 Å². The summed E-state index contributed by atoms with van der Waals surface area (Å²) >= 11 is 0. The van der Waals surface area contributed by atoms with Crippen LogP contribution in [0.1, 0.15) is 24.8 Å². The van der Waals surface area contributed by atoms with Crippen LogP contribution in [0.2, 0.25) is 0 Å². The maximum Gasteiger partial charge on any atom is 0.181 e. The van der Waals surface area contributed by atoms with Crippen LogP contribution in [0.4, 0.5) is 5.69 Å². The monoisotopic (exact) mass is 453 g/mol. The van der Waals surface area contributed by atoms with E-state index < -0.39 is 0 Å². The molecule has 0 bridgehead atoms. The molecule has 9 nitrogen and oxygen atoms in total. The second-order valence-electron chi connectivity index (χ2n) is 9.20. The highest BCUT2D eigenvalue weighted by molar-refractivity contribution is 5.95. The summed E-state index contributed by atoms with van der Waals surface area (Å²) in [5.74, 6) is 0.738. The zero-order chi connectivity index (χ0) is 23.1. The molecule has 0 saturated carbocycles. The van der Waals surface area contributed by atoms with E-state index in [1.807, 2.05) is 31.0 Å². The number of nitrogens with zero attached hydrogens (tertiary/aromatic N) is 7. The topological polar surface area (TPSA) is 103 Å². The Kier molecular flexibility index (Phi) is 5.18. The summed E-state index contributed by atoms with van der Waals surface area (Å²) in [5, 5.41) is 8.49. The first-order valence-corrected chi connectivity index (χ1v) is 11.7. The van der Waals surface area contributed by atoms with Crippen molar-refractivity contribution in [3.63, 3.8) is 0 Å². The van der Waals surface area contributed by atoms with Crippen LogP contribution in [-0.2, 0) is 6.54 Å². The molecule has 0 unspecified atom stereocenters. The van der Waals surface area contributed by atoms with Crippen LogP contribution in [0, 0.1) is 0 Å². The molecule has 9 heteroatoms. The Balaban J connectivity index is 1.41. The fourth-order valence-electron chi connectivity index (χ4n) is 4.74. The fraction of sp³-hybridized carbons (Fsp3) is 0.320. The van der Waals surface area contributed by atoms with E-state index >= 15 is 0 Å². The first kappa shape index (κ1) is 20.7. The summed E-state index contributed by atoms with van der Waals surface area (Å²) in [6.07, 6.45) is 13.1. The Bertz CT molecular complexity index is 1460. The molecule has 2 N–H and O–H groups in total. The summed E-state index contributed by atoms with van der Waals surface area (Å²) in [6.45, 7) is 2.92. The van der Waals surface area contributed by atoms with Crippen molar-refractivity contribution in [1.29, 1.82) is 0 Å². The van der Waals surface area contributed by atoms with Gasteiger partial charge < -0.3 is 14.8 Å². The first-order chi connectivity index (χ1) is 16.7. The average molecular weight is 454 g/mol. The van der Waals surface area contributed by atoms with Crippen LogP contribution in [0.5, 0.6) is 0 Å². The van der Waals surface area contributed by atoms with Gasteiger partial charge in [-0.25, -0.2) is 9.97 Å². The standard InChI is InChI=1S/C25H27N9/c1-33(2)15-16-8-17(11-26-10-16)18-9-19-22(31-32-24(19)28-12-18)25-29-20-13-27-14-21(23(20)30-25)34-6-4-3-5-7-34/h8-14H,3-7,15H2,1-2H3,(H,29,30)(H,28,31,32). The number of rotatable bonds is 5. The zero-order valence-corrected chi connectivity index (χ0v) is 19.4. The molecule has 6 heterocycles. The molecule has 5 aromatic rings. The predicted molar refractivity (Wildman–Crippen MR) is 133 cm³/mol. The Morgan fingerprint density at radius 2 is 1.76 bits per heavy atom.